The van der Waals surface area contributed by atoms with Gasteiger partial charge in [-0.1, -0.05) is 6.58 Å². The third-order valence-electron chi connectivity index (χ3n) is 1.12. The van der Waals surface area contributed by atoms with Crippen LogP contribution in [0.1, 0.15) is 13.3 Å². The first-order chi connectivity index (χ1) is 6.33. The Bertz CT molecular complexity index is 264. The Hall–Kier alpha value is 1.32. The topological polar surface area (TPSA) is 98.7 Å². The molecule has 0 unspecified atom stereocenters. The summed E-state index contributed by atoms with van der Waals surface area (Å²) in [7, 11) is -4.91. The van der Waals surface area contributed by atoms with E-state index in [1.807, 2.05) is 0 Å². The molecule has 0 radical (unpaired) electrons. The fraction of sp³-hybridized carbons (Fsp3) is 0.571. The molecule has 9 heteroatoms. The number of hydrogen-bond donors (Lipinski definition) is 0. The van der Waals surface area contributed by atoms with Crippen LogP contribution in [0.3, 0.4) is 0 Å². The zero-order valence-electron chi connectivity index (χ0n) is 9.73. The van der Waals surface area contributed by atoms with Crippen LogP contribution in [0, 0.1) is 0 Å². The van der Waals surface area contributed by atoms with E-state index >= 15 is 0 Å². The van der Waals surface area contributed by atoms with E-state index in [-0.39, 0.29) is 84.3 Å². The van der Waals surface area contributed by atoms with Gasteiger partial charge in [-0.05, 0) is 6.92 Å². The van der Waals surface area contributed by atoms with Gasteiger partial charge in [0, 0.05) is 12.0 Å². The Kier molecular flexibility index (Phi) is 16.0. The van der Waals surface area contributed by atoms with E-state index in [0.717, 1.165) is 0 Å². The smallest absolute Gasteiger partial charge is 0.790 e. The van der Waals surface area contributed by atoms with E-state index in [4.69, 9.17) is 0 Å². The molecule has 16 heavy (non-hydrogen) atoms. The first-order valence-corrected chi connectivity index (χ1v) is 5.28. The largest absolute Gasteiger partial charge is 1.00 e. The second-order valence-corrected chi connectivity index (χ2v) is 3.70. The Morgan fingerprint density at radius 1 is 1.31 bits per heavy atom. The predicted molar refractivity (Wildman–Crippen MR) is 43.9 cm³/mol. The van der Waals surface area contributed by atoms with Gasteiger partial charge in [0.05, 0.1) is 21.0 Å². The van der Waals surface area contributed by atoms with Crippen LogP contribution < -0.4 is 68.9 Å². The summed E-state index contributed by atoms with van der Waals surface area (Å²) in [6.07, 6.45) is 0.146. The molecule has 0 bridgehead atoms. The van der Waals surface area contributed by atoms with E-state index < -0.39 is 13.8 Å². The van der Waals surface area contributed by atoms with Crippen LogP contribution in [-0.2, 0) is 18.6 Å². The van der Waals surface area contributed by atoms with Crippen LogP contribution in [0.25, 0.3) is 0 Å². The van der Waals surface area contributed by atoms with Crippen molar-refractivity contribution in [3.63, 3.8) is 0 Å². The van der Waals surface area contributed by atoms with Crippen molar-refractivity contribution in [1.29, 1.82) is 0 Å². The molecule has 0 saturated heterocycles. The molecule has 0 amide bonds. The minimum Gasteiger partial charge on any atom is -0.790 e. The number of phosphoric ester groups is 1. The third-order valence-corrected chi connectivity index (χ3v) is 1.62. The third kappa shape index (κ3) is 15.3. The quantitative estimate of drug-likeness (QED) is 0.156. The van der Waals surface area contributed by atoms with Gasteiger partial charge in [0.25, 0.3) is 0 Å². The van der Waals surface area contributed by atoms with Gasteiger partial charge in [0.2, 0.25) is 0 Å². The van der Waals surface area contributed by atoms with Crippen LogP contribution in [0.2, 0.25) is 0 Å². The number of carbonyl (C=O) groups is 1. The SMILES string of the molecule is C=C(C)C(=O)OCCCOP(=O)([O-])[O-].[Na+].[Na+]. The Balaban J connectivity index is -0.000000845. The second-order valence-electron chi connectivity index (χ2n) is 2.55. The number of carbonyl (C=O) groups excluding carboxylic acids is 1. The van der Waals surface area contributed by atoms with E-state index in [1.165, 1.54) is 6.92 Å². The normalized spacial score (nSPS) is 9.69. The van der Waals surface area contributed by atoms with Crippen molar-refractivity contribution < 1.29 is 87.5 Å². The number of phosphoric acid groups is 1. The number of ether oxygens (including phenoxy) is 1. The molecule has 0 spiro atoms. The van der Waals surface area contributed by atoms with Crippen molar-refractivity contribution in [2.24, 2.45) is 0 Å². The molecule has 0 aromatic heterocycles. The van der Waals surface area contributed by atoms with E-state index in [9.17, 15) is 19.1 Å². The van der Waals surface area contributed by atoms with E-state index in [2.05, 4.69) is 15.8 Å². The first-order valence-electron chi connectivity index (χ1n) is 3.82. The molecule has 0 N–H and O–H groups in total. The number of rotatable bonds is 6. The maximum atomic E-state index is 10.8. The van der Waals surface area contributed by atoms with Crippen molar-refractivity contribution in [1.82, 2.24) is 0 Å². The minimum absolute atomic E-state index is 0. The molecular weight excluding hydrogens is 257 g/mol. The van der Waals surface area contributed by atoms with Gasteiger partial charge in [-0.3, -0.25) is 0 Å². The maximum absolute atomic E-state index is 10.8. The Labute approximate surface area is 139 Å². The molecule has 0 atom stereocenters. The van der Waals surface area contributed by atoms with Crippen LogP contribution in [0.4, 0.5) is 0 Å². The number of hydrogen-bond acceptors (Lipinski definition) is 6. The standard InChI is InChI=1S/C7H13O6P.2Na/c1-6(2)7(8)12-4-3-5-13-14(9,10)11;;/h1,3-5H2,2H3,(H2,9,10,11);;/q;2*+1/p-2. The van der Waals surface area contributed by atoms with Crippen LogP contribution in [0.15, 0.2) is 12.2 Å². The second kappa shape index (κ2) is 11.4. The van der Waals surface area contributed by atoms with Gasteiger partial charge in [-0.25, -0.2) is 4.79 Å². The summed E-state index contributed by atoms with van der Waals surface area (Å²) in [6.45, 7) is 4.54. The van der Waals surface area contributed by atoms with Gasteiger partial charge in [-0.15, -0.1) is 0 Å². The fourth-order valence-corrected chi connectivity index (χ4v) is 0.876. The van der Waals surface area contributed by atoms with E-state index in [0.29, 0.717) is 0 Å². The van der Waals surface area contributed by atoms with Crippen LogP contribution in [-0.4, -0.2) is 19.2 Å². The summed E-state index contributed by atoms with van der Waals surface area (Å²) in [4.78, 5) is 30.7. The number of esters is 1. The van der Waals surface area contributed by atoms with Gasteiger partial charge in [0.15, 0.2) is 0 Å². The molecular formula is C7H11Na2O6P. The van der Waals surface area contributed by atoms with Crippen molar-refractivity contribution in [3.05, 3.63) is 12.2 Å². The zero-order chi connectivity index (χ0) is 11.2. The van der Waals surface area contributed by atoms with Crippen LogP contribution >= 0.6 is 7.82 Å². The van der Waals surface area contributed by atoms with Gasteiger partial charge < -0.3 is 23.6 Å². The van der Waals surface area contributed by atoms with Crippen molar-refractivity contribution in [3.8, 4) is 0 Å². The van der Waals surface area contributed by atoms with Crippen molar-refractivity contribution in [2.75, 3.05) is 13.2 Å². The van der Waals surface area contributed by atoms with E-state index in [1.54, 1.807) is 0 Å². The summed E-state index contributed by atoms with van der Waals surface area (Å²) in [5.74, 6) is -0.558. The molecule has 0 aliphatic carbocycles. The average Bonchev–Trinajstić information content (AvgIpc) is 2.01. The molecule has 6 nitrogen and oxygen atoms in total. The molecule has 0 aromatic carbocycles. The summed E-state index contributed by atoms with van der Waals surface area (Å²) in [5.41, 5.74) is 0.254. The molecule has 0 rings (SSSR count). The molecule has 0 fully saturated rings. The van der Waals surface area contributed by atoms with Crippen LogP contribution in [0.5, 0.6) is 0 Å². The first kappa shape index (κ1) is 22.5. The maximum Gasteiger partial charge on any atom is 1.00 e. The molecule has 0 aliphatic rings. The molecule has 0 aromatic rings. The summed E-state index contributed by atoms with van der Waals surface area (Å²) >= 11 is 0. The predicted octanol–water partition coefficient (Wildman–Crippen LogP) is -6.65. The van der Waals surface area contributed by atoms with Crippen molar-refractivity contribution in [2.45, 2.75) is 13.3 Å². The molecule has 0 aliphatic heterocycles. The summed E-state index contributed by atoms with van der Waals surface area (Å²) < 4.78 is 18.5. The Morgan fingerprint density at radius 3 is 2.19 bits per heavy atom. The van der Waals surface area contributed by atoms with Gasteiger partial charge in [-0.2, -0.15) is 0 Å². The molecule has 82 valence electrons. The summed E-state index contributed by atoms with van der Waals surface area (Å²) in [6, 6.07) is 0. The monoisotopic (exact) mass is 268 g/mol. The van der Waals surface area contributed by atoms with Crippen molar-refractivity contribution >= 4 is 13.8 Å². The average molecular weight is 268 g/mol. The zero-order valence-corrected chi connectivity index (χ0v) is 14.6. The molecule has 0 saturated carbocycles. The van der Waals surface area contributed by atoms with Gasteiger partial charge >= 0.3 is 65.1 Å². The Morgan fingerprint density at radius 2 is 1.81 bits per heavy atom. The minimum atomic E-state index is -4.91. The summed E-state index contributed by atoms with van der Waals surface area (Å²) in [5, 5.41) is 0. The fourth-order valence-electron chi connectivity index (χ4n) is 0.523. The molecule has 0 heterocycles. The van der Waals surface area contributed by atoms with Gasteiger partial charge in [0.1, 0.15) is 0 Å².